The number of rotatable bonds is 0. The van der Waals surface area contributed by atoms with Crippen molar-refractivity contribution in [2.75, 3.05) is 0 Å². The Morgan fingerprint density at radius 1 is 1.75 bits per heavy atom. The molecule has 8 heavy (non-hydrogen) atoms. The summed E-state index contributed by atoms with van der Waals surface area (Å²) in [5.74, 6) is 5.38. The fourth-order valence-corrected chi connectivity index (χ4v) is 0.493. The lowest BCUT2D eigenvalue weighted by Crippen LogP contribution is -2.39. The molecule has 44 valence electrons. The fraction of sp³-hybridized carbons (Fsp3) is 0.200. The van der Waals surface area contributed by atoms with Crippen LogP contribution in [0.25, 0.3) is 0 Å². The molecule has 1 aliphatic heterocycles. The molecule has 0 spiro atoms. The van der Waals surface area contributed by atoms with Gasteiger partial charge < -0.3 is 0 Å². The lowest BCUT2D eigenvalue weighted by molar-refractivity contribution is 0.294. The lowest BCUT2D eigenvalue weighted by Gasteiger charge is -2.20. The van der Waals surface area contributed by atoms with Crippen LogP contribution in [0, 0.1) is 0 Å². The Morgan fingerprint density at radius 3 is 2.88 bits per heavy atom. The molecule has 0 saturated heterocycles. The van der Waals surface area contributed by atoms with Crippen molar-refractivity contribution in [1.82, 2.24) is 10.5 Å². The largest absolute Gasteiger partial charge is 0.292 e. The first-order valence-electron chi connectivity index (χ1n) is 2.45. The van der Waals surface area contributed by atoms with Crippen molar-refractivity contribution in [1.29, 1.82) is 0 Å². The Hall–Kier alpha value is -0.960. The average Bonchev–Trinajstić information content (AvgIpc) is 1.77. The quantitative estimate of drug-likeness (QED) is 0.435. The maximum atomic E-state index is 5.38. The van der Waals surface area contributed by atoms with Gasteiger partial charge in [0.2, 0.25) is 0 Å². The Bertz CT molecular complexity index is 137. The van der Waals surface area contributed by atoms with Crippen LogP contribution in [0.1, 0.15) is 6.92 Å². The fourth-order valence-electron chi connectivity index (χ4n) is 0.493. The molecule has 1 rings (SSSR count). The van der Waals surface area contributed by atoms with Crippen LogP contribution < -0.4 is 11.3 Å². The van der Waals surface area contributed by atoms with Gasteiger partial charge in [0.25, 0.3) is 0 Å². The molecule has 1 heterocycles. The van der Waals surface area contributed by atoms with E-state index in [1.165, 1.54) is 5.12 Å². The molecule has 3 heteroatoms. The molecule has 0 fully saturated rings. The van der Waals surface area contributed by atoms with Gasteiger partial charge in [0, 0.05) is 11.9 Å². The number of nitrogens with zero attached hydrogens (tertiary/aromatic N) is 1. The van der Waals surface area contributed by atoms with Crippen LogP contribution in [-0.4, -0.2) is 5.12 Å². The minimum atomic E-state index is 1.01. The van der Waals surface area contributed by atoms with Crippen LogP contribution in [0.3, 0.4) is 0 Å². The van der Waals surface area contributed by atoms with Crippen molar-refractivity contribution in [3.05, 3.63) is 24.0 Å². The standard InChI is InChI=1S/C5H9N3/c1-5-3-2-4-7-8(5)6/h2-4,7H,6H2,1H3. The molecule has 0 saturated carbocycles. The summed E-state index contributed by atoms with van der Waals surface area (Å²) in [5.41, 5.74) is 3.80. The minimum Gasteiger partial charge on any atom is -0.292 e. The van der Waals surface area contributed by atoms with Crippen LogP contribution in [0.4, 0.5) is 0 Å². The van der Waals surface area contributed by atoms with Gasteiger partial charge in [-0.3, -0.25) is 5.43 Å². The molecule has 3 N–H and O–H groups in total. The van der Waals surface area contributed by atoms with Gasteiger partial charge in [0.1, 0.15) is 0 Å². The highest BCUT2D eigenvalue weighted by Gasteiger charge is 1.95. The van der Waals surface area contributed by atoms with E-state index in [2.05, 4.69) is 5.43 Å². The summed E-state index contributed by atoms with van der Waals surface area (Å²) in [5, 5.41) is 1.46. The zero-order valence-corrected chi connectivity index (χ0v) is 4.76. The van der Waals surface area contributed by atoms with Crippen LogP contribution in [0.5, 0.6) is 0 Å². The van der Waals surface area contributed by atoms with E-state index in [4.69, 9.17) is 5.84 Å². The summed E-state index contributed by atoms with van der Waals surface area (Å²) in [6, 6.07) is 0. The first kappa shape index (κ1) is 5.18. The first-order valence-corrected chi connectivity index (χ1v) is 2.45. The molecule has 0 unspecified atom stereocenters. The molecule has 0 radical (unpaired) electrons. The molecule has 0 atom stereocenters. The summed E-state index contributed by atoms with van der Waals surface area (Å²) >= 11 is 0. The number of hydrogen-bond donors (Lipinski definition) is 2. The maximum absolute atomic E-state index is 5.38. The van der Waals surface area contributed by atoms with Crippen LogP contribution >= 0.6 is 0 Å². The van der Waals surface area contributed by atoms with Crippen LogP contribution in [0.15, 0.2) is 24.0 Å². The van der Waals surface area contributed by atoms with Gasteiger partial charge in [0.15, 0.2) is 0 Å². The number of hydrogen-bond acceptors (Lipinski definition) is 3. The lowest BCUT2D eigenvalue weighted by atomic mass is 10.4. The molecule has 0 aromatic heterocycles. The van der Waals surface area contributed by atoms with Gasteiger partial charge in [-0.25, -0.2) is 11.0 Å². The highest BCUT2D eigenvalue weighted by atomic mass is 15.7. The van der Waals surface area contributed by atoms with Crippen LogP contribution in [-0.2, 0) is 0 Å². The first-order chi connectivity index (χ1) is 3.80. The molecule has 0 amide bonds. The van der Waals surface area contributed by atoms with Crippen molar-refractivity contribution >= 4 is 0 Å². The number of nitrogens with one attached hydrogen (secondary N) is 1. The van der Waals surface area contributed by atoms with Crippen molar-refractivity contribution in [3.63, 3.8) is 0 Å². The normalized spacial score (nSPS) is 17.8. The van der Waals surface area contributed by atoms with Gasteiger partial charge in [-0.1, -0.05) is 0 Å². The van der Waals surface area contributed by atoms with Crippen molar-refractivity contribution in [2.45, 2.75) is 6.92 Å². The van der Waals surface area contributed by atoms with E-state index in [1.54, 1.807) is 6.20 Å². The zero-order chi connectivity index (χ0) is 5.98. The smallest absolute Gasteiger partial charge is 0.0497 e. The molecule has 0 aromatic rings. The Labute approximate surface area is 48.4 Å². The van der Waals surface area contributed by atoms with E-state index in [0.29, 0.717) is 0 Å². The molecular formula is C5H9N3. The van der Waals surface area contributed by atoms with Crippen molar-refractivity contribution in [3.8, 4) is 0 Å². The second kappa shape index (κ2) is 1.88. The molecular weight excluding hydrogens is 102 g/mol. The average molecular weight is 111 g/mol. The van der Waals surface area contributed by atoms with Crippen LogP contribution in [0.2, 0.25) is 0 Å². The topological polar surface area (TPSA) is 41.3 Å². The number of hydrazine groups is 2. The number of allylic oxidation sites excluding steroid dienone is 3. The SMILES string of the molecule is CC1=CC=CNN1N. The Morgan fingerprint density at radius 2 is 2.50 bits per heavy atom. The molecule has 0 bridgehead atoms. The van der Waals surface area contributed by atoms with E-state index in [1.807, 2.05) is 19.1 Å². The predicted octanol–water partition coefficient (Wildman–Crippen LogP) is 0.0978. The summed E-state index contributed by atoms with van der Waals surface area (Å²) in [7, 11) is 0. The summed E-state index contributed by atoms with van der Waals surface area (Å²) in [6.07, 6.45) is 5.60. The van der Waals surface area contributed by atoms with Gasteiger partial charge in [-0.2, -0.15) is 0 Å². The minimum absolute atomic E-state index is 1.01. The van der Waals surface area contributed by atoms with Gasteiger partial charge in [0.05, 0.1) is 0 Å². The van der Waals surface area contributed by atoms with E-state index in [0.717, 1.165) is 5.70 Å². The van der Waals surface area contributed by atoms with Gasteiger partial charge in [-0.05, 0) is 19.1 Å². The highest BCUT2D eigenvalue weighted by Crippen LogP contribution is 1.97. The van der Waals surface area contributed by atoms with E-state index in [-0.39, 0.29) is 0 Å². The Balaban J connectivity index is 2.66. The molecule has 3 nitrogen and oxygen atoms in total. The summed E-state index contributed by atoms with van der Waals surface area (Å²) in [4.78, 5) is 0. The second-order valence-corrected chi connectivity index (χ2v) is 1.67. The van der Waals surface area contributed by atoms with E-state index >= 15 is 0 Å². The third-order valence-electron chi connectivity index (χ3n) is 1.03. The van der Waals surface area contributed by atoms with Gasteiger partial charge >= 0.3 is 0 Å². The summed E-state index contributed by atoms with van der Waals surface area (Å²) < 4.78 is 0. The van der Waals surface area contributed by atoms with E-state index < -0.39 is 0 Å². The predicted molar refractivity (Wildman–Crippen MR) is 32.1 cm³/mol. The molecule has 0 aliphatic carbocycles. The third-order valence-corrected chi connectivity index (χ3v) is 1.03. The van der Waals surface area contributed by atoms with Gasteiger partial charge in [-0.15, -0.1) is 0 Å². The summed E-state index contributed by atoms with van der Waals surface area (Å²) in [6.45, 7) is 1.93. The van der Waals surface area contributed by atoms with Crippen molar-refractivity contribution < 1.29 is 0 Å². The third kappa shape index (κ3) is 0.816. The highest BCUT2D eigenvalue weighted by molar-refractivity contribution is 5.11. The maximum Gasteiger partial charge on any atom is 0.0497 e. The molecule has 1 aliphatic rings. The second-order valence-electron chi connectivity index (χ2n) is 1.67. The zero-order valence-electron chi connectivity index (χ0n) is 4.76. The van der Waals surface area contributed by atoms with E-state index in [9.17, 15) is 0 Å². The monoisotopic (exact) mass is 111 g/mol. The number of nitrogens with two attached hydrogens (primary N) is 1. The Kier molecular flexibility index (Phi) is 1.22. The molecule has 0 aromatic carbocycles. The van der Waals surface area contributed by atoms with Crippen molar-refractivity contribution in [2.24, 2.45) is 5.84 Å².